The molecule has 1 unspecified atom stereocenters. The summed E-state index contributed by atoms with van der Waals surface area (Å²) < 4.78 is 0. The molecule has 6 nitrogen and oxygen atoms in total. The lowest BCUT2D eigenvalue weighted by Crippen LogP contribution is -2.55. The van der Waals surface area contributed by atoms with Crippen molar-refractivity contribution in [1.29, 1.82) is 0 Å². The summed E-state index contributed by atoms with van der Waals surface area (Å²) in [6.07, 6.45) is 0.736. The van der Waals surface area contributed by atoms with Crippen LogP contribution in [0.4, 0.5) is 5.13 Å². The smallest absolute Gasteiger partial charge is 0.242 e. The summed E-state index contributed by atoms with van der Waals surface area (Å²) in [5, 5.41) is 22.2. The van der Waals surface area contributed by atoms with E-state index in [2.05, 4.69) is 15.5 Å². The molecule has 110 valence electrons. The van der Waals surface area contributed by atoms with Crippen molar-refractivity contribution < 1.29 is 9.90 Å². The summed E-state index contributed by atoms with van der Waals surface area (Å²) in [7, 11) is 0. The van der Waals surface area contributed by atoms with Crippen molar-refractivity contribution in [1.82, 2.24) is 15.5 Å². The first-order valence-electron chi connectivity index (χ1n) is 6.86. The minimum atomic E-state index is -0.181. The second-order valence-electron chi connectivity index (χ2n) is 4.85. The van der Waals surface area contributed by atoms with Crippen LogP contribution in [0.1, 0.15) is 13.3 Å². The van der Waals surface area contributed by atoms with E-state index in [1.54, 1.807) is 24.3 Å². The molecule has 1 saturated heterocycles. The minimum absolute atomic E-state index is 0.0464. The van der Waals surface area contributed by atoms with Gasteiger partial charge in [0.15, 0.2) is 0 Å². The Balaban J connectivity index is 1.87. The molecule has 7 heteroatoms. The second kappa shape index (κ2) is 5.69. The van der Waals surface area contributed by atoms with Gasteiger partial charge in [-0.2, -0.15) is 0 Å². The highest BCUT2D eigenvalue weighted by molar-refractivity contribution is 7.18. The van der Waals surface area contributed by atoms with Gasteiger partial charge in [-0.05, 0) is 30.7 Å². The first kappa shape index (κ1) is 13.8. The van der Waals surface area contributed by atoms with Crippen molar-refractivity contribution in [2.45, 2.75) is 19.4 Å². The van der Waals surface area contributed by atoms with Gasteiger partial charge < -0.3 is 15.3 Å². The van der Waals surface area contributed by atoms with E-state index < -0.39 is 0 Å². The molecule has 0 bridgehead atoms. The molecule has 1 atom stereocenters. The Labute approximate surface area is 126 Å². The zero-order valence-electron chi connectivity index (χ0n) is 11.6. The summed E-state index contributed by atoms with van der Waals surface area (Å²) in [5.74, 6) is 0.271. The highest BCUT2D eigenvalue weighted by Gasteiger charge is 2.30. The summed E-state index contributed by atoms with van der Waals surface area (Å²) in [6.45, 7) is 3.36. The third-order valence-electron chi connectivity index (χ3n) is 3.49. The maximum atomic E-state index is 11.9. The molecule has 0 spiro atoms. The molecular formula is C14H16N4O2S. The van der Waals surface area contributed by atoms with Crippen molar-refractivity contribution in [3.05, 3.63) is 24.3 Å². The predicted molar refractivity (Wildman–Crippen MR) is 81.4 cm³/mol. The summed E-state index contributed by atoms with van der Waals surface area (Å²) in [6, 6.07) is 6.68. The van der Waals surface area contributed by atoms with Crippen molar-refractivity contribution in [3.63, 3.8) is 0 Å². The molecule has 1 aromatic carbocycles. The van der Waals surface area contributed by atoms with Gasteiger partial charge in [-0.1, -0.05) is 18.3 Å². The van der Waals surface area contributed by atoms with Crippen molar-refractivity contribution >= 4 is 22.4 Å². The van der Waals surface area contributed by atoms with E-state index in [0.717, 1.165) is 28.7 Å². The number of hydrogen-bond acceptors (Lipinski definition) is 6. The number of nitrogens with zero attached hydrogens (tertiary/aromatic N) is 3. The number of aromatic nitrogens is 2. The van der Waals surface area contributed by atoms with Gasteiger partial charge in [-0.15, -0.1) is 10.2 Å². The number of amides is 1. The molecular weight excluding hydrogens is 288 g/mol. The molecule has 1 amide bonds. The van der Waals surface area contributed by atoms with Gasteiger partial charge in [-0.25, -0.2) is 0 Å². The predicted octanol–water partition coefficient (Wildman–Crippen LogP) is 1.63. The highest BCUT2D eigenvalue weighted by atomic mass is 32.1. The van der Waals surface area contributed by atoms with Gasteiger partial charge in [0.2, 0.25) is 11.0 Å². The molecule has 3 rings (SSSR count). The number of rotatable bonds is 3. The molecule has 0 saturated carbocycles. The maximum absolute atomic E-state index is 11.9. The van der Waals surface area contributed by atoms with Crippen LogP contribution in [-0.4, -0.2) is 40.3 Å². The van der Waals surface area contributed by atoms with Crippen LogP contribution in [0.3, 0.4) is 0 Å². The van der Waals surface area contributed by atoms with Crippen LogP contribution in [-0.2, 0) is 4.79 Å². The Bertz CT molecular complexity index is 641. The van der Waals surface area contributed by atoms with Gasteiger partial charge in [0.1, 0.15) is 16.8 Å². The Kier molecular flexibility index (Phi) is 3.74. The number of nitrogens with one attached hydrogen (secondary N) is 1. The van der Waals surface area contributed by atoms with Crippen LogP contribution in [0.15, 0.2) is 24.3 Å². The standard InChI is InChI=1S/C14H16N4O2S/c1-2-11-12(20)15-7-8-18(11)14-17-16-13(21-14)9-3-5-10(19)6-4-9/h3-6,11,19H,2,7-8H2,1H3,(H,15,20). The minimum Gasteiger partial charge on any atom is -0.508 e. The maximum Gasteiger partial charge on any atom is 0.242 e. The number of carbonyl (C=O) groups excluding carboxylic acids is 1. The highest BCUT2D eigenvalue weighted by Crippen LogP contribution is 2.31. The number of aromatic hydroxyl groups is 1. The van der Waals surface area contributed by atoms with E-state index in [9.17, 15) is 9.90 Å². The number of benzene rings is 1. The second-order valence-corrected chi connectivity index (χ2v) is 5.80. The van der Waals surface area contributed by atoms with E-state index in [1.807, 2.05) is 11.8 Å². The fourth-order valence-corrected chi connectivity index (χ4v) is 3.33. The van der Waals surface area contributed by atoms with Crippen LogP contribution in [0, 0.1) is 0 Å². The lowest BCUT2D eigenvalue weighted by Gasteiger charge is -2.33. The fraction of sp³-hybridized carbons (Fsp3) is 0.357. The molecule has 2 heterocycles. The Morgan fingerprint density at radius 3 is 2.86 bits per heavy atom. The molecule has 1 aliphatic rings. The number of hydrogen-bond donors (Lipinski definition) is 2. The number of piperazine rings is 1. The van der Waals surface area contributed by atoms with E-state index >= 15 is 0 Å². The fourth-order valence-electron chi connectivity index (χ4n) is 2.40. The van der Waals surface area contributed by atoms with Gasteiger partial charge in [0.25, 0.3) is 0 Å². The quantitative estimate of drug-likeness (QED) is 0.901. The summed E-state index contributed by atoms with van der Waals surface area (Å²) in [5.41, 5.74) is 0.908. The Morgan fingerprint density at radius 1 is 1.38 bits per heavy atom. The number of phenolic OH excluding ortho intramolecular Hbond substituents is 1. The molecule has 1 aliphatic heterocycles. The van der Waals surface area contributed by atoms with Crippen molar-refractivity contribution in [2.24, 2.45) is 0 Å². The monoisotopic (exact) mass is 304 g/mol. The molecule has 0 radical (unpaired) electrons. The average molecular weight is 304 g/mol. The zero-order chi connectivity index (χ0) is 14.8. The number of anilines is 1. The molecule has 21 heavy (non-hydrogen) atoms. The van der Waals surface area contributed by atoms with Crippen LogP contribution < -0.4 is 10.2 Å². The lowest BCUT2D eigenvalue weighted by atomic mass is 10.1. The normalized spacial score (nSPS) is 18.6. The zero-order valence-corrected chi connectivity index (χ0v) is 12.4. The summed E-state index contributed by atoms with van der Waals surface area (Å²) in [4.78, 5) is 13.9. The van der Waals surface area contributed by atoms with E-state index in [4.69, 9.17) is 0 Å². The third kappa shape index (κ3) is 2.69. The summed E-state index contributed by atoms with van der Waals surface area (Å²) >= 11 is 1.46. The van der Waals surface area contributed by atoms with Crippen LogP contribution >= 0.6 is 11.3 Å². The van der Waals surface area contributed by atoms with E-state index in [1.165, 1.54) is 11.3 Å². The van der Waals surface area contributed by atoms with Gasteiger partial charge in [0.05, 0.1) is 0 Å². The van der Waals surface area contributed by atoms with Crippen LogP contribution in [0.25, 0.3) is 10.6 Å². The van der Waals surface area contributed by atoms with Gasteiger partial charge in [-0.3, -0.25) is 4.79 Å². The van der Waals surface area contributed by atoms with Crippen molar-refractivity contribution in [3.8, 4) is 16.3 Å². The molecule has 0 aliphatic carbocycles. The van der Waals surface area contributed by atoms with E-state index in [-0.39, 0.29) is 17.7 Å². The topological polar surface area (TPSA) is 78.4 Å². The largest absolute Gasteiger partial charge is 0.508 e. The molecule has 1 fully saturated rings. The van der Waals surface area contributed by atoms with Gasteiger partial charge in [0, 0.05) is 18.7 Å². The molecule has 2 aromatic rings. The van der Waals surface area contributed by atoms with E-state index in [0.29, 0.717) is 6.54 Å². The first-order valence-corrected chi connectivity index (χ1v) is 7.68. The number of phenols is 1. The number of carbonyl (C=O) groups is 1. The third-order valence-corrected chi connectivity index (χ3v) is 4.50. The first-order chi connectivity index (χ1) is 10.2. The van der Waals surface area contributed by atoms with Crippen LogP contribution in [0.5, 0.6) is 5.75 Å². The SMILES string of the molecule is CCC1C(=O)NCCN1c1nnc(-c2ccc(O)cc2)s1. The van der Waals surface area contributed by atoms with Crippen LogP contribution in [0.2, 0.25) is 0 Å². The molecule has 2 N–H and O–H groups in total. The Hall–Kier alpha value is -2.15. The van der Waals surface area contributed by atoms with Gasteiger partial charge >= 0.3 is 0 Å². The average Bonchev–Trinajstić information content (AvgIpc) is 2.97. The Morgan fingerprint density at radius 2 is 2.14 bits per heavy atom. The molecule has 1 aromatic heterocycles. The lowest BCUT2D eigenvalue weighted by molar-refractivity contribution is -0.123. The van der Waals surface area contributed by atoms with Crippen molar-refractivity contribution in [2.75, 3.05) is 18.0 Å².